The van der Waals surface area contributed by atoms with E-state index in [4.69, 9.17) is 4.74 Å². The van der Waals surface area contributed by atoms with Gasteiger partial charge < -0.3 is 15.2 Å². The maximum atomic E-state index is 12.1. The Kier molecular flexibility index (Phi) is 4.21. The predicted molar refractivity (Wildman–Crippen MR) is 69.8 cm³/mol. The Balaban J connectivity index is 2.00. The van der Waals surface area contributed by atoms with E-state index in [0.29, 0.717) is 26.1 Å². The van der Waals surface area contributed by atoms with E-state index in [-0.39, 0.29) is 18.9 Å². The van der Waals surface area contributed by atoms with Crippen molar-refractivity contribution in [2.75, 3.05) is 19.8 Å². The molecule has 1 aliphatic heterocycles. The number of carbonyl (C=O) groups is 1. The zero-order valence-electron chi connectivity index (χ0n) is 11.5. The lowest BCUT2D eigenvalue weighted by molar-refractivity contribution is -0.124. The Morgan fingerprint density at radius 1 is 1.47 bits per heavy atom. The monoisotopic (exact) mass is 267 g/mol. The molecule has 0 atom stereocenters. The van der Waals surface area contributed by atoms with Gasteiger partial charge in [0.2, 0.25) is 5.91 Å². The standard InChI is InChI=1S/C13H21N3O3/c1-9-11(10(2)16-15-9)7-12(18)14-13(8-17)3-5-19-6-4-13/h17H,3-8H2,1-2H3,(H,14,18)(H,15,16). The number of hydrogen-bond donors (Lipinski definition) is 3. The smallest absolute Gasteiger partial charge is 0.225 e. The van der Waals surface area contributed by atoms with Gasteiger partial charge in [-0.15, -0.1) is 0 Å². The highest BCUT2D eigenvalue weighted by molar-refractivity contribution is 5.79. The zero-order valence-corrected chi connectivity index (χ0v) is 11.5. The Labute approximate surface area is 112 Å². The van der Waals surface area contributed by atoms with Crippen LogP contribution in [0, 0.1) is 13.8 Å². The van der Waals surface area contributed by atoms with Crippen molar-refractivity contribution < 1.29 is 14.6 Å². The number of aryl methyl sites for hydroxylation is 2. The number of ether oxygens (including phenoxy) is 1. The Hall–Kier alpha value is -1.40. The molecule has 0 saturated carbocycles. The second-order valence-corrected chi connectivity index (χ2v) is 5.19. The van der Waals surface area contributed by atoms with Crippen molar-refractivity contribution in [2.24, 2.45) is 0 Å². The van der Waals surface area contributed by atoms with Gasteiger partial charge in [-0.05, 0) is 26.7 Å². The van der Waals surface area contributed by atoms with E-state index in [2.05, 4.69) is 15.5 Å². The molecule has 0 unspecified atom stereocenters. The molecule has 1 aromatic heterocycles. The van der Waals surface area contributed by atoms with Crippen molar-refractivity contribution in [2.45, 2.75) is 38.6 Å². The highest BCUT2D eigenvalue weighted by Crippen LogP contribution is 2.20. The highest BCUT2D eigenvalue weighted by atomic mass is 16.5. The molecule has 1 fully saturated rings. The molecular formula is C13H21N3O3. The minimum absolute atomic E-state index is 0.0501. The minimum Gasteiger partial charge on any atom is -0.394 e. The number of aliphatic hydroxyl groups excluding tert-OH is 1. The van der Waals surface area contributed by atoms with Gasteiger partial charge in [0.05, 0.1) is 24.3 Å². The van der Waals surface area contributed by atoms with Crippen LogP contribution in [0.4, 0.5) is 0 Å². The highest BCUT2D eigenvalue weighted by Gasteiger charge is 2.33. The molecule has 2 rings (SSSR count). The summed E-state index contributed by atoms with van der Waals surface area (Å²) in [7, 11) is 0. The number of amides is 1. The van der Waals surface area contributed by atoms with E-state index in [0.717, 1.165) is 17.0 Å². The lowest BCUT2D eigenvalue weighted by Crippen LogP contribution is -2.55. The van der Waals surface area contributed by atoms with E-state index < -0.39 is 5.54 Å². The maximum absolute atomic E-state index is 12.1. The van der Waals surface area contributed by atoms with Crippen LogP contribution < -0.4 is 5.32 Å². The van der Waals surface area contributed by atoms with Crippen LogP contribution in [0.1, 0.15) is 29.8 Å². The van der Waals surface area contributed by atoms with Gasteiger partial charge in [0.25, 0.3) is 0 Å². The lowest BCUT2D eigenvalue weighted by atomic mass is 9.90. The largest absolute Gasteiger partial charge is 0.394 e. The van der Waals surface area contributed by atoms with Crippen LogP contribution in [0.15, 0.2) is 0 Å². The number of rotatable bonds is 4. The van der Waals surface area contributed by atoms with E-state index >= 15 is 0 Å². The molecule has 19 heavy (non-hydrogen) atoms. The summed E-state index contributed by atoms with van der Waals surface area (Å²) in [5.41, 5.74) is 2.16. The van der Waals surface area contributed by atoms with Crippen LogP contribution in [0.3, 0.4) is 0 Å². The molecule has 3 N–H and O–H groups in total. The van der Waals surface area contributed by atoms with Gasteiger partial charge in [-0.3, -0.25) is 9.89 Å². The summed E-state index contributed by atoms with van der Waals surface area (Å²) in [5, 5.41) is 19.5. The summed E-state index contributed by atoms with van der Waals surface area (Å²) in [6, 6.07) is 0. The molecule has 0 radical (unpaired) electrons. The summed E-state index contributed by atoms with van der Waals surface area (Å²) in [4.78, 5) is 12.1. The van der Waals surface area contributed by atoms with E-state index in [9.17, 15) is 9.90 Å². The average molecular weight is 267 g/mol. The normalized spacial score (nSPS) is 18.3. The number of nitrogens with one attached hydrogen (secondary N) is 2. The second-order valence-electron chi connectivity index (χ2n) is 5.19. The third-order valence-corrected chi connectivity index (χ3v) is 3.78. The first-order chi connectivity index (χ1) is 9.06. The fourth-order valence-corrected chi connectivity index (χ4v) is 2.42. The molecule has 1 saturated heterocycles. The minimum atomic E-state index is -0.527. The SMILES string of the molecule is Cc1n[nH]c(C)c1CC(=O)NC1(CO)CCOCC1. The number of carbonyl (C=O) groups excluding carboxylic acids is 1. The number of nitrogens with zero attached hydrogens (tertiary/aromatic N) is 1. The number of H-pyrrole nitrogens is 1. The predicted octanol–water partition coefficient (Wildman–Crippen LogP) is 0.227. The van der Waals surface area contributed by atoms with Gasteiger partial charge in [-0.1, -0.05) is 0 Å². The molecule has 1 aliphatic rings. The van der Waals surface area contributed by atoms with Crippen LogP contribution >= 0.6 is 0 Å². The van der Waals surface area contributed by atoms with Crippen LogP contribution in [-0.4, -0.2) is 46.6 Å². The molecule has 0 aromatic carbocycles. The topological polar surface area (TPSA) is 87.2 Å². The molecular weight excluding hydrogens is 246 g/mol. The van der Waals surface area contributed by atoms with Crippen molar-refractivity contribution in [3.63, 3.8) is 0 Å². The summed E-state index contributed by atoms with van der Waals surface area (Å²) >= 11 is 0. The van der Waals surface area contributed by atoms with Crippen molar-refractivity contribution in [3.8, 4) is 0 Å². The summed E-state index contributed by atoms with van der Waals surface area (Å²) in [5.74, 6) is -0.0800. The fourth-order valence-electron chi connectivity index (χ4n) is 2.42. The van der Waals surface area contributed by atoms with Crippen LogP contribution in [0.5, 0.6) is 0 Å². The third kappa shape index (κ3) is 3.13. The second kappa shape index (κ2) is 5.71. The first-order valence-corrected chi connectivity index (χ1v) is 6.56. The number of aliphatic hydroxyl groups is 1. The van der Waals surface area contributed by atoms with Crippen LogP contribution in [-0.2, 0) is 16.0 Å². The molecule has 0 bridgehead atoms. The summed E-state index contributed by atoms with van der Waals surface area (Å²) in [6.07, 6.45) is 1.59. The summed E-state index contributed by atoms with van der Waals surface area (Å²) in [6.45, 7) is 4.88. The van der Waals surface area contributed by atoms with Crippen molar-refractivity contribution in [3.05, 3.63) is 17.0 Å². The van der Waals surface area contributed by atoms with Gasteiger partial charge in [0.1, 0.15) is 0 Å². The molecule has 0 spiro atoms. The summed E-state index contributed by atoms with van der Waals surface area (Å²) < 4.78 is 5.27. The first kappa shape index (κ1) is 14.0. The Morgan fingerprint density at radius 3 is 2.68 bits per heavy atom. The lowest BCUT2D eigenvalue weighted by Gasteiger charge is -2.36. The van der Waals surface area contributed by atoms with E-state index in [1.54, 1.807) is 0 Å². The van der Waals surface area contributed by atoms with Gasteiger partial charge in [0, 0.05) is 24.5 Å². The molecule has 1 aromatic rings. The average Bonchev–Trinajstić information content (AvgIpc) is 2.71. The molecule has 6 heteroatoms. The third-order valence-electron chi connectivity index (χ3n) is 3.78. The molecule has 1 amide bonds. The van der Waals surface area contributed by atoms with Gasteiger partial charge >= 0.3 is 0 Å². The van der Waals surface area contributed by atoms with Crippen molar-refractivity contribution in [1.29, 1.82) is 0 Å². The van der Waals surface area contributed by atoms with E-state index in [1.807, 2.05) is 13.8 Å². The van der Waals surface area contributed by atoms with Crippen LogP contribution in [0.25, 0.3) is 0 Å². The Bertz CT molecular complexity index is 430. The molecule has 2 heterocycles. The quantitative estimate of drug-likeness (QED) is 0.728. The molecule has 0 aliphatic carbocycles. The van der Waals surface area contributed by atoms with Crippen molar-refractivity contribution >= 4 is 5.91 Å². The first-order valence-electron chi connectivity index (χ1n) is 6.56. The Morgan fingerprint density at radius 2 is 2.16 bits per heavy atom. The van der Waals surface area contributed by atoms with Gasteiger partial charge in [-0.2, -0.15) is 5.10 Å². The van der Waals surface area contributed by atoms with Crippen molar-refractivity contribution in [1.82, 2.24) is 15.5 Å². The fraction of sp³-hybridized carbons (Fsp3) is 0.692. The number of hydrogen-bond acceptors (Lipinski definition) is 4. The molecule has 6 nitrogen and oxygen atoms in total. The number of aromatic amines is 1. The molecule has 106 valence electrons. The zero-order chi connectivity index (χ0) is 13.9. The van der Waals surface area contributed by atoms with Gasteiger partial charge in [-0.25, -0.2) is 0 Å². The van der Waals surface area contributed by atoms with E-state index in [1.165, 1.54) is 0 Å². The number of aromatic nitrogens is 2. The van der Waals surface area contributed by atoms with Gasteiger partial charge in [0.15, 0.2) is 0 Å². The van der Waals surface area contributed by atoms with Crippen LogP contribution in [0.2, 0.25) is 0 Å². The maximum Gasteiger partial charge on any atom is 0.225 e.